The standard InChI is InChI=1S/C13H15N5O2/c14-9-3-4-10(8-2-1-5-17-13(8)9)18(6-11(15)19)7-12(16)20/h1-5H,6-7,14H2,(H2,15,19)(H2,16,20). The van der Waals surface area contributed by atoms with Crippen LogP contribution >= 0.6 is 0 Å². The number of benzene rings is 1. The molecule has 1 aromatic heterocycles. The molecule has 0 bridgehead atoms. The largest absolute Gasteiger partial charge is 0.397 e. The summed E-state index contributed by atoms with van der Waals surface area (Å²) in [6.07, 6.45) is 1.62. The van der Waals surface area contributed by atoms with E-state index in [1.807, 2.05) is 6.07 Å². The van der Waals surface area contributed by atoms with Gasteiger partial charge in [-0.25, -0.2) is 0 Å². The van der Waals surface area contributed by atoms with E-state index in [-0.39, 0.29) is 13.1 Å². The molecule has 0 unspecified atom stereocenters. The average Bonchev–Trinajstić information content (AvgIpc) is 2.37. The van der Waals surface area contributed by atoms with Crippen molar-refractivity contribution >= 4 is 34.1 Å². The molecule has 0 fully saturated rings. The highest BCUT2D eigenvalue weighted by Gasteiger charge is 2.16. The van der Waals surface area contributed by atoms with Crippen LogP contribution in [0.1, 0.15) is 0 Å². The molecule has 0 saturated carbocycles. The normalized spacial score (nSPS) is 10.4. The van der Waals surface area contributed by atoms with Crippen LogP contribution in [0, 0.1) is 0 Å². The molecule has 1 aromatic carbocycles. The van der Waals surface area contributed by atoms with Gasteiger partial charge in [0.05, 0.1) is 24.3 Å². The monoisotopic (exact) mass is 273 g/mol. The first-order chi connectivity index (χ1) is 9.49. The van der Waals surface area contributed by atoms with Gasteiger partial charge in [-0.2, -0.15) is 0 Å². The Morgan fingerprint density at radius 1 is 1.10 bits per heavy atom. The van der Waals surface area contributed by atoms with Gasteiger partial charge in [-0.15, -0.1) is 0 Å². The van der Waals surface area contributed by atoms with Crippen LogP contribution in [0.25, 0.3) is 10.9 Å². The summed E-state index contributed by atoms with van der Waals surface area (Å²) in [4.78, 5) is 28.0. The fraction of sp³-hybridized carbons (Fsp3) is 0.154. The summed E-state index contributed by atoms with van der Waals surface area (Å²) in [5.41, 5.74) is 18.0. The zero-order valence-electron chi connectivity index (χ0n) is 10.7. The Morgan fingerprint density at radius 2 is 1.75 bits per heavy atom. The molecule has 2 rings (SSSR count). The molecular weight excluding hydrogens is 258 g/mol. The Morgan fingerprint density at radius 3 is 2.35 bits per heavy atom. The average molecular weight is 273 g/mol. The molecule has 2 amide bonds. The Labute approximate surface area is 115 Å². The third-order valence-corrected chi connectivity index (χ3v) is 2.81. The van der Waals surface area contributed by atoms with Crippen LogP contribution in [0.5, 0.6) is 0 Å². The van der Waals surface area contributed by atoms with Gasteiger partial charge < -0.3 is 22.1 Å². The Kier molecular flexibility index (Phi) is 3.69. The van der Waals surface area contributed by atoms with Gasteiger partial charge >= 0.3 is 0 Å². The van der Waals surface area contributed by atoms with Crippen molar-refractivity contribution in [2.24, 2.45) is 11.5 Å². The van der Waals surface area contributed by atoms with E-state index in [1.165, 1.54) is 4.90 Å². The van der Waals surface area contributed by atoms with Crippen molar-refractivity contribution in [3.63, 3.8) is 0 Å². The number of nitrogens with zero attached hydrogens (tertiary/aromatic N) is 2. The number of carbonyl (C=O) groups is 2. The summed E-state index contributed by atoms with van der Waals surface area (Å²) in [6.45, 7) is -0.228. The first kappa shape index (κ1) is 13.6. The lowest BCUT2D eigenvalue weighted by Crippen LogP contribution is -2.39. The molecule has 0 radical (unpaired) electrons. The van der Waals surface area contributed by atoms with E-state index in [1.54, 1.807) is 24.4 Å². The maximum Gasteiger partial charge on any atom is 0.236 e. The van der Waals surface area contributed by atoms with E-state index in [0.29, 0.717) is 16.9 Å². The zero-order chi connectivity index (χ0) is 14.7. The number of carbonyl (C=O) groups excluding carboxylic acids is 2. The topological polar surface area (TPSA) is 128 Å². The first-order valence-corrected chi connectivity index (χ1v) is 5.94. The lowest BCUT2D eigenvalue weighted by atomic mass is 10.1. The molecule has 0 saturated heterocycles. The van der Waals surface area contributed by atoms with Crippen LogP contribution in [0.3, 0.4) is 0 Å². The van der Waals surface area contributed by atoms with Crippen LogP contribution < -0.4 is 22.1 Å². The van der Waals surface area contributed by atoms with Crippen molar-refractivity contribution in [2.45, 2.75) is 0 Å². The third-order valence-electron chi connectivity index (χ3n) is 2.81. The minimum Gasteiger partial charge on any atom is -0.397 e. The van der Waals surface area contributed by atoms with E-state index in [9.17, 15) is 9.59 Å². The number of rotatable bonds is 5. The number of nitrogen functional groups attached to an aromatic ring is 1. The molecule has 7 nitrogen and oxygen atoms in total. The fourth-order valence-electron chi connectivity index (χ4n) is 2.06. The lowest BCUT2D eigenvalue weighted by molar-refractivity contribution is -0.117. The van der Waals surface area contributed by atoms with Crippen molar-refractivity contribution in [3.8, 4) is 0 Å². The predicted molar refractivity (Wildman–Crippen MR) is 76.8 cm³/mol. The minimum absolute atomic E-state index is 0.114. The summed E-state index contributed by atoms with van der Waals surface area (Å²) >= 11 is 0. The summed E-state index contributed by atoms with van der Waals surface area (Å²) in [5, 5.41) is 0.731. The molecule has 0 atom stereocenters. The highest BCUT2D eigenvalue weighted by Crippen LogP contribution is 2.29. The van der Waals surface area contributed by atoms with Gasteiger partial charge in [-0.3, -0.25) is 14.6 Å². The molecule has 7 heteroatoms. The van der Waals surface area contributed by atoms with Gasteiger partial charge in [0, 0.05) is 17.3 Å². The van der Waals surface area contributed by atoms with Crippen molar-refractivity contribution < 1.29 is 9.59 Å². The number of hydrogen-bond acceptors (Lipinski definition) is 5. The maximum atomic E-state index is 11.2. The van der Waals surface area contributed by atoms with E-state index in [0.717, 1.165) is 5.39 Å². The number of nitrogens with two attached hydrogens (primary N) is 3. The van der Waals surface area contributed by atoms with Crippen LogP contribution in [0.15, 0.2) is 30.5 Å². The number of anilines is 2. The molecule has 1 heterocycles. The lowest BCUT2D eigenvalue weighted by Gasteiger charge is -2.23. The number of primary amides is 2. The highest BCUT2D eigenvalue weighted by atomic mass is 16.2. The Hall–Kier alpha value is -2.83. The molecule has 6 N–H and O–H groups in total. The second kappa shape index (κ2) is 5.43. The van der Waals surface area contributed by atoms with Crippen molar-refractivity contribution in [1.82, 2.24) is 4.98 Å². The molecule has 0 aliphatic heterocycles. The third kappa shape index (κ3) is 2.77. The fourth-order valence-corrected chi connectivity index (χ4v) is 2.06. The van der Waals surface area contributed by atoms with Crippen LogP contribution in [-0.2, 0) is 9.59 Å². The Bertz CT molecular complexity index is 655. The molecule has 2 aromatic rings. The second-order valence-electron chi connectivity index (χ2n) is 4.36. The summed E-state index contributed by atoms with van der Waals surface area (Å²) in [6, 6.07) is 6.94. The summed E-state index contributed by atoms with van der Waals surface area (Å²) in [7, 11) is 0. The van der Waals surface area contributed by atoms with Gasteiger partial charge in [-0.1, -0.05) is 0 Å². The maximum absolute atomic E-state index is 11.2. The number of hydrogen-bond donors (Lipinski definition) is 3. The quantitative estimate of drug-likeness (QED) is 0.638. The van der Waals surface area contributed by atoms with Crippen LogP contribution in [0.4, 0.5) is 11.4 Å². The van der Waals surface area contributed by atoms with Crippen molar-refractivity contribution in [1.29, 1.82) is 0 Å². The second-order valence-corrected chi connectivity index (χ2v) is 4.36. The smallest absolute Gasteiger partial charge is 0.236 e. The van der Waals surface area contributed by atoms with Crippen LogP contribution in [-0.4, -0.2) is 29.9 Å². The van der Waals surface area contributed by atoms with Gasteiger partial charge in [0.1, 0.15) is 0 Å². The summed E-state index contributed by atoms with van der Waals surface area (Å²) < 4.78 is 0. The number of pyridine rings is 1. The molecule has 0 spiro atoms. The van der Waals surface area contributed by atoms with Crippen molar-refractivity contribution in [3.05, 3.63) is 30.5 Å². The number of amides is 2. The molecule has 0 aliphatic rings. The molecular formula is C13H15N5O2. The van der Waals surface area contributed by atoms with Gasteiger partial charge in [-0.05, 0) is 24.3 Å². The van der Waals surface area contributed by atoms with E-state index < -0.39 is 11.8 Å². The van der Waals surface area contributed by atoms with Gasteiger partial charge in [0.15, 0.2) is 0 Å². The molecule has 104 valence electrons. The summed E-state index contributed by atoms with van der Waals surface area (Å²) in [5.74, 6) is -1.11. The predicted octanol–water partition coefficient (Wildman–Crippen LogP) is -0.406. The minimum atomic E-state index is -0.555. The molecule has 20 heavy (non-hydrogen) atoms. The van der Waals surface area contributed by atoms with Gasteiger partial charge in [0.25, 0.3) is 0 Å². The molecule has 0 aliphatic carbocycles. The van der Waals surface area contributed by atoms with Crippen LogP contribution in [0.2, 0.25) is 0 Å². The Balaban J connectivity index is 2.55. The van der Waals surface area contributed by atoms with E-state index >= 15 is 0 Å². The zero-order valence-corrected chi connectivity index (χ0v) is 10.7. The number of fused-ring (bicyclic) bond motifs is 1. The van der Waals surface area contributed by atoms with Gasteiger partial charge in [0.2, 0.25) is 11.8 Å². The first-order valence-electron chi connectivity index (χ1n) is 5.94. The highest BCUT2D eigenvalue weighted by molar-refractivity contribution is 6.00. The SMILES string of the molecule is NC(=O)CN(CC(N)=O)c1ccc(N)c2ncccc12. The van der Waals surface area contributed by atoms with E-state index in [4.69, 9.17) is 17.2 Å². The van der Waals surface area contributed by atoms with E-state index in [2.05, 4.69) is 4.98 Å². The van der Waals surface area contributed by atoms with Crippen molar-refractivity contribution in [2.75, 3.05) is 23.7 Å². The number of aromatic nitrogens is 1.